The van der Waals surface area contributed by atoms with Gasteiger partial charge in [0.1, 0.15) is 0 Å². The zero-order valence-electron chi connectivity index (χ0n) is 12.4. The van der Waals surface area contributed by atoms with Gasteiger partial charge in [0.2, 0.25) is 5.91 Å². The number of morpholine rings is 1. The Morgan fingerprint density at radius 1 is 1.37 bits per heavy atom. The van der Waals surface area contributed by atoms with Gasteiger partial charge in [-0.2, -0.15) is 0 Å². The van der Waals surface area contributed by atoms with Crippen molar-refractivity contribution in [1.82, 2.24) is 15.5 Å². The Hall–Kier alpha value is -0.650. The van der Waals surface area contributed by atoms with Crippen molar-refractivity contribution in [3.63, 3.8) is 0 Å². The standard InChI is InChI=1S/C14H29N3O2/c1-3-5-13(2)16-14(18)12-15-6-4-7-17-8-10-19-11-9-17/h13,15H,3-12H2,1-2H3,(H,16,18). The fraction of sp³-hybridized carbons (Fsp3) is 0.929. The van der Waals surface area contributed by atoms with E-state index in [1.54, 1.807) is 0 Å². The number of carbonyl (C=O) groups excluding carboxylic acids is 1. The average Bonchev–Trinajstić information content (AvgIpc) is 2.39. The van der Waals surface area contributed by atoms with Crippen molar-refractivity contribution in [2.45, 2.75) is 39.2 Å². The van der Waals surface area contributed by atoms with Crippen molar-refractivity contribution < 1.29 is 9.53 Å². The highest BCUT2D eigenvalue weighted by Crippen LogP contribution is 1.97. The van der Waals surface area contributed by atoms with E-state index in [1.165, 1.54) is 0 Å². The summed E-state index contributed by atoms with van der Waals surface area (Å²) >= 11 is 0. The van der Waals surface area contributed by atoms with Crippen LogP contribution in [0.15, 0.2) is 0 Å². The summed E-state index contributed by atoms with van der Waals surface area (Å²) in [5.41, 5.74) is 0. The molecule has 19 heavy (non-hydrogen) atoms. The Bertz CT molecular complexity index is 243. The number of nitrogens with one attached hydrogen (secondary N) is 2. The highest BCUT2D eigenvalue weighted by Gasteiger charge is 2.09. The summed E-state index contributed by atoms with van der Waals surface area (Å²) in [6, 6.07) is 0.285. The fourth-order valence-corrected chi connectivity index (χ4v) is 2.29. The number of nitrogens with zero attached hydrogens (tertiary/aromatic N) is 1. The van der Waals surface area contributed by atoms with E-state index in [2.05, 4.69) is 29.4 Å². The molecule has 5 heteroatoms. The van der Waals surface area contributed by atoms with Gasteiger partial charge in [0, 0.05) is 19.1 Å². The Morgan fingerprint density at radius 3 is 2.79 bits per heavy atom. The maximum absolute atomic E-state index is 11.6. The summed E-state index contributed by atoms with van der Waals surface area (Å²) in [5.74, 6) is 0.104. The van der Waals surface area contributed by atoms with Gasteiger partial charge in [0.25, 0.3) is 0 Å². The van der Waals surface area contributed by atoms with Crippen LogP contribution < -0.4 is 10.6 Å². The van der Waals surface area contributed by atoms with Crippen LogP contribution in [0, 0.1) is 0 Å². The van der Waals surface area contributed by atoms with Gasteiger partial charge in [-0.25, -0.2) is 0 Å². The summed E-state index contributed by atoms with van der Waals surface area (Å²) in [7, 11) is 0. The molecule has 1 unspecified atom stereocenters. The lowest BCUT2D eigenvalue weighted by Crippen LogP contribution is -2.40. The summed E-state index contributed by atoms with van der Waals surface area (Å²) < 4.78 is 5.31. The minimum atomic E-state index is 0.104. The average molecular weight is 271 g/mol. The van der Waals surface area contributed by atoms with Crippen LogP contribution in [0.1, 0.15) is 33.1 Å². The van der Waals surface area contributed by atoms with Crippen molar-refractivity contribution >= 4 is 5.91 Å². The maximum atomic E-state index is 11.6. The molecule has 0 aromatic carbocycles. The molecule has 1 fully saturated rings. The number of hydrogen-bond donors (Lipinski definition) is 2. The molecule has 0 saturated carbocycles. The highest BCUT2D eigenvalue weighted by molar-refractivity contribution is 5.78. The second kappa shape index (κ2) is 10.2. The van der Waals surface area contributed by atoms with Crippen molar-refractivity contribution in [2.24, 2.45) is 0 Å². The number of ether oxygens (including phenoxy) is 1. The lowest BCUT2D eigenvalue weighted by molar-refractivity contribution is -0.120. The van der Waals surface area contributed by atoms with Crippen LogP contribution in [0.25, 0.3) is 0 Å². The third-order valence-electron chi connectivity index (χ3n) is 3.35. The highest BCUT2D eigenvalue weighted by atomic mass is 16.5. The first kappa shape index (κ1) is 16.4. The topological polar surface area (TPSA) is 53.6 Å². The van der Waals surface area contributed by atoms with Gasteiger partial charge in [-0.1, -0.05) is 13.3 Å². The first-order valence-corrected chi connectivity index (χ1v) is 7.52. The zero-order valence-corrected chi connectivity index (χ0v) is 12.4. The maximum Gasteiger partial charge on any atom is 0.234 e. The number of rotatable bonds is 9. The van der Waals surface area contributed by atoms with E-state index in [9.17, 15) is 4.79 Å². The van der Waals surface area contributed by atoms with Crippen molar-refractivity contribution in [3.8, 4) is 0 Å². The molecule has 5 nitrogen and oxygen atoms in total. The smallest absolute Gasteiger partial charge is 0.234 e. The van der Waals surface area contributed by atoms with E-state index in [1.807, 2.05) is 0 Å². The minimum Gasteiger partial charge on any atom is -0.379 e. The summed E-state index contributed by atoms with van der Waals surface area (Å²) in [6.07, 6.45) is 3.23. The third kappa shape index (κ3) is 8.18. The van der Waals surface area contributed by atoms with Crippen LogP contribution in [0.3, 0.4) is 0 Å². The molecule has 1 rings (SSSR count). The molecule has 1 aliphatic rings. The molecule has 0 radical (unpaired) electrons. The Morgan fingerprint density at radius 2 is 2.11 bits per heavy atom. The lowest BCUT2D eigenvalue weighted by Gasteiger charge is -2.26. The van der Waals surface area contributed by atoms with Crippen LogP contribution in [-0.2, 0) is 9.53 Å². The predicted octanol–water partition coefficient (Wildman–Crippen LogP) is 0.603. The van der Waals surface area contributed by atoms with E-state index in [0.29, 0.717) is 6.54 Å². The molecule has 0 aromatic rings. The summed E-state index contributed by atoms with van der Waals surface area (Å²) in [4.78, 5) is 14.0. The van der Waals surface area contributed by atoms with Gasteiger partial charge in [0.05, 0.1) is 19.8 Å². The number of hydrogen-bond acceptors (Lipinski definition) is 4. The van der Waals surface area contributed by atoms with E-state index in [4.69, 9.17) is 4.74 Å². The lowest BCUT2D eigenvalue weighted by atomic mass is 10.2. The molecule has 0 aliphatic carbocycles. The third-order valence-corrected chi connectivity index (χ3v) is 3.35. The first-order chi connectivity index (χ1) is 9.22. The molecule has 112 valence electrons. The van der Waals surface area contributed by atoms with E-state index >= 15 is 0 Å². The fourth-order valence-electron chi connectivity index (χ4n) is 2.29. The molecular formula is C14H29N3O2. The molecule has 1 atom stereocenters. The number of amides is 1. The normalized spacial score (nSPS) is 18.2. The van der Waals surface area contributed by atoms with E-state index in [-0.39, 0.29) is 11.9 Å². The molecule has 1 heterocycles. The van der Waals surface area contributed by atoms with Gasteiger partial charge in [-0.05, 0) is 32.9 Å². The SMILES string of the molecule is CCCC(C)NC(=O)CNCCCN1CCOCC1. The molecule has 1 amide bonds. The largest absolute Gasteiger partial charge is 0.379 e. The molecule has 0 spiro atoms. The van der Waals surface area contributed by atoms with Crippen LogP contribution in [0.5, 0.6) is 0 Å². The molecule has 0 aromatic heterocycles. The van der Waals surface area contributed by atoms with E-state index < -0.39 is 0 Å². The van der Waals surface area contributed by atoms with Crippen molar-refractivity contribution in [3.05, 3.63) is 0 Å². The van der Waals surface area contributed by atoms with Crippen LogP contribution >= 0.6 is 0 Å². The van der Waals surface area contributed by atoms with Crippen LogP contribution in [0.2, 0.25) is 0 Å². The van der Waals surface area contributed by atoms with Crippen LogP contribution in [0.4, 0.5) is 0 Å². The molecule has 1 saturated heterocycles. The monoisotopic (exact) mass is 271 g/mol. The summed E-state index contributed by atoms with van der Waals surface area (Å²) in [5, 5.41) is 6.19. The van der Waals surface area contributed by atoms with Gasteiger partial charge in [-0.3, -0.25) is 9.69 Å². The first-order valence-electron chi connectivity index (χ1n) is 7.52. The Kier molecular flexibility index (Phi) is 8.79. The predicted molar refractivity (Wildman–Crippen MR) is 77.3 cm³/mol. The minimum absolute atomic E-state index is 0.104. The van der Waals surface area contributed by atoms with Gasteiger partial charge < -0.3 is 15.4 Å². The number of carbonyl (C=O) groups is 1. The molecule has 1 aliphatic heterocycles. The molecule has 2 N–H and O–H groups in total. The second-order valence-electron chi connectivity index (χ2n) is 5.24. The second-order valence-corrected chi connectivity index (χ2v) is 5.24. The molecular weight excluding hydrogens is 242 g/mol. The van der Waals surface area contributed by atoms with Crippen molar-refractivity contribution in [2.75, 3.05) is 45.9 Å². The molecule has 0 bridgehead atoms. The van der Waals surface area contributed by atoms with E-state index in [0.717, 1.165) is 58.7 Å². The van der Waals surface area contributed by atoms with Crippen molar-refractivity contribution in [1.29, 1.82) is 0 Å². The van der Waals surface area contributed by atoms with Gasteiger partial charge in [-0.15, -0.1) is 0 Å². The zero-order chi connectivity index (χ0) is 13.9. The van der Waals surface area contributed by atoms with Gasteiger partial charge >= 0.3 is 0 Å². The Balaban J connectivity index is 1.93. The quantitative estimate of drug-likeness (QED) is 0.603. The summed E-state index contributed by atoms with van der Waals surface area (Å²) in [6.45, 7) is 10.4. The van der Waals surface area contributed by atoms with Gasteiger partial charge in [0.15, 0.2) is 0 Å². The Labute approximate surface area is 117 Å². The van der Waals surface area contributed by atoms with Crippen LogP contribution in [-0.4, -0.2) is 62.8 Å².